The Hall–Kier alpha value is -1.21. The van der Waals surface area contributed by atoms with Crippen LogP contribution in [0.3, 0.4) is 0 Å². The number of nitrogens with zero attached hydrogens (tertiary/aromatic N) is 1. The molecule has 0 bridgehead atoms. The van der Waals surface area contributed by atoms with Crippen LogP contribution < -0.4 is 10.1 Å². The van der Waals surface area contributed by atoms with Crippen molar-refractivity contribution in [3.05, 3.63) is 32.5 Å². The molecule has 1 saturated heterocycles. The zero-order valence-electron chi connectivity index (χ0n) is 10.4. The molecule has 5 nitrogen and oxygen atoms in total. The Morgan fingerprint density at radius 3 is 2.95 bits per heavy atom. The van der Waals surface area contributed by atoms with Crippen LogP contribution in [0.4, 0.5) is 10.1 Å². The molecule has 0 aliphatic carbocycles. The van der Waals surface area contributed by atoms with Crippen molar-refractivity contribution in [1.29, 1.82) is 0 Å². The first kappa shape index (κ1) is 14.2. The van der Waals surface area contributed by atoms with Crippen molar-refractivity contribution in [1.82, 2.24) is 5.32 Å². The summed E-state index contributed by atoms with van der Waals surface area (Å²) in [7, 11) is 0. The Morgan fingerprint density at radius 1 is 1.58 bits per heavy atom. The molecule has 1 fully saturated rings. The molecule has 1 aromatic carbocycles. The van der Waals surface area contributed by atoms with Crippen LogP contribution in [0.15, 0.2) is 16.6 Å². The van der Waals surface area contributed by atoms with Gasteiger partial charge < -0.3 is 10.1 Å². The molecule has 104 valence electrons. The summed E-state index contributed by atoms with van der Waals surface area (Å²) >= 11 is 2.94. The largest absolute Gasteiger partial charge is 0.482 e. The number of nitro groups is 1. The molecule has 19 heavy (non-hydrogen) atoms. The first-order chi connectivity index (χ1) is 8.99. The molecule has 1 heterocycles. The molecule has 0 aromatic heterocycles. The lowest BCUT2D eigenvalue weighted by atomic mass is 9.97. The fourth-order valence-electron chi connectivity index (χ4n) is 2.04. The summed E-state index contributed by atoms with van der Waals surface area (Å²) in [6.45, 7) is 3.53. The van der Waals surface area contributed by atoms with Crippen molar-refractivity contribution in [2.24, 2.45) is 5.92 Å². The van der Waals surface area contributed by atoms with Gasteiger partial charge in [0.25, 0.3) is 0 Å². The maximum Gasteiger partial charge on any atom is 0.312 e. The van der Waals surface area contributed by atoms with Crippen LogP contribution in [0.1, 0.15) is 13.3 Å². The number of halogens is 2. The quantitative estimate of drug-likeness (QED) is 0.682. The van der Waals surface area contributed by atoms with Crippen LogP contribution in [0.25, 0.3) is 0 Å². The SMILES string of the molecule is CC1CCNCC1Oc1cc(F)c(Br)cc1[N+](=O)[O-]. The Morgan fingerprint density at radius 2 is 2.32 bits per heavy atom. The minimum Gasteiger partial charge on any atom is -0.482 e. The summed E-state index contributed by atoms with van der Waals surface area (Å²) < 4.78 is 19.2. The molecular weight excluding hydrogens is 319 g/mol. The summed E-state index contributed by atoms with van der Waals surface area (Å²) in [5.74, 6) is -0.323. The first-order valence-electron chi connectivity index (χ1n) is 6.00. The van der Waals surface area contributed by atoms with Gasteiger partial charge in [-0.1, -0.05) is 6.92 Å². The van der Waals surface area contributed by atoms with Crippen LogP contribution in [0.2, 0.25) is 0 Å². The Labute approximate surface area is 118 Å². The Bertz CT molecular complexity index is 498. The first-order valence-corrected chi connectivity index (χ1v) is 6.79. The number of hydrogen-bond donors (Lipinski definition) is 1. The van der Waals surface area contributed by atoms with E-state index in [1.807, 2.05) is 6.92 Å². The van der Waals surface area contributed by atoms with Crippen molar-refractivity contribution >= 4 is 21.6 Å². The minimum absolute atomic E-state index is 0.0220. The van der Waals surface area contributed by atoms with Crippen LogP contribution in [0, 0.1) is 21.8 Å². The molecule has 1 aliphatic heterocycles. The predicted molar refractivity (Wildman–Crippen MR) is 71.8 cm³/mol. The number of ether oxygens (including phenoxy) is 1. The average Bonchev–Trinajstić information content (AvgIpc) is 2.36. The third kappa shape index (κ3) is 3.22. The average molecular weight is 333 g/mol. The molecule has 7 heteroatoms. The summed E-state index contributed by atoms with van der Waals surface area (Å²) in [4.78, 5) is 10.4. The number of benzene rings is 1. The van der Waals surface area contributed by atoms with E-state index in [9.17, 15) is 14.5 Å². The summed E-state index contributed by atoms with van der Waals surface area (Å²) in [6, 6.07) is 2.19. The van der Waals surface area contributed by atoms with Gasteiger partial charge in [0.1, 0.15) is 11.9 Å². The maximum absolute atomic E-state index is 13.5. The van der Waals surface area contributed by atoms with Gasteiger partial charge in [0.2, 0.25) is 0 Å². The van der Waals surface area contributed by atoms with Gasteiger partial charge in [0.15, 0.2) is 5.75 Å². The lowest BCUT2D eigenvalue weighted by Gasteiger charge is -2.29. The highest BCUT2D eigenvalue weighted by molar-refractivity contribution is 9.10. The standard InChI is InChI=1S/C12H14BrFN2O3/c1-7-2-3-15-6-12(7)19-11-5-9(14)8(13)4-10(11)16(17)18/h4-5,7,12,15H,2-3,6H2,1H3. The van der Waals surface area contributed by atoms with Gasteiger partial charge >= 0.3 is 5.69 Å². The Balaban J connectivity index is 2.27. The smallest absolute Gasteiger partial charge is 0.312 e. The zero-order valence-corrected chi connectivity index (χ0v) is 11.9. The van der Waals surface area contributed by atoms with E-state index in [0.29, 0.717) is 6.54 Å². The highest BCUT2D eigenvalue weighted by Crippen LogP contribution is 2.34. The van der Waals surface area contributed by atoms with Crippen LogP contribution >= 0.6 is 15.9 Å². The second-order valence-corrected chi connectivity index (χ2v) is 5.47. The highest BCUT2D eigenvalue weighted by atomic mass is 79.9. The maximum atomic E-state index is 13.5. The summed E-state index contributed by atoms with van der Waals surface area (Å²) in [5, 5.41) is 14.1. The van der Waals surface area contributed by atoms with Crippen molar-refractivity contribution in [3.8, 4) is 5.75 Å². The predicted octanol–water partition coefficient (Wildman–Crippen LogP) is 2.87. The molecule has 0 spiro atoms. The Kier molecular flexibility index (Phi) is 4.36. The van der Waals surface area contributed by atoms with E-state index < -0.39 is 10.7 Å². The van der Waals surface area contributed by atoms with E-state index in [1.165, 1.54) is 0 Å². The van der Waals surface area contributed by atoms with Gasteiger partial charge in [-0.25, -0.2) is 4.39 Å². The summed E-state index contributed by atoms with van der Waals surface area (Å²) in [5.41, 5.74) is -0.231. The van der Waals surface area contributed by atoms with E-state index in [0.717, 1.165) is 25.1 Å². The number of hydrogen-bond acceptors (Lipinski definition) is 4. The molecule has 1 aliphatic rings. The molecule has 2 atom stereocenters. The van der Waals surface area contributed by atoms with E-state index in [4.69, 9.17) is 4.74 Å². The van der Waals surface area contributed by atoms with E-state index >= 15 is 0 Å². The number of nitrogens with one attached hydrogen (secondary N) is 1. The number of nitro benzene ring substituents is 1. The van der Waals surface area contributed by atoms with Gasteiger partial charge in [-0.2, -0.15) is 0 Å². The van der Waals surface area contributed by atoms with Crippen LogP contribution in [-0.2, 0) is 0 Å². The molecular formula is C12H14BrFN2O3. The topological polar surface area (TPSA) is 64.4 Å². The minimum atomic E-state index is -0.572. The van der Waals surface area contributed by atoms with E-state index in [2.05, 4.69) is 21.2 Å². The summed E-state index contributed by atoms with van der Waals surface area (Å²) in [6.07, 6.45) is 0.741. The normalized spacial score (nSPS) is 23.1. The van der Waals surface area contributed by atoms with Crippen LogP contribution in [-0.4, -0.2) is 24.1 Å². The van der Waals surface area contributed by atoms with Gasteiger partial charge in [-0.05, 0) is 34.8 Å². The molecule has 0 amide bonds. The second kappa shape index (κ2) is 5.83. The van der Waals surface area contributed by atoms with Crippen molar-refractivity contribution in [2.45, 2.75) is 19.4 Å². The van der Waals surface area contributed by atoms with Crippen molar-refractivity contribution in [3.63, 3.8) is 0 Å². The molecule has 1 N–H and O–H groups in total. The molecule has 2 rings (SSSR count). The third-order valence-electron chi connectivity index (χ3n) is 3.23. The van der Waals surface area contributed by atoms with E-state index in [-0.39, 0.29) is 27.9 Å². The lowest BCUT2D eigenvalue weighted by Crippen LogP contribution is -2.42. The number of rotatable bonds is 3. The van der Waals surface area contributed by atoms with Crippen molar-refractivity contribution in [2.75, 3.05) is 13.1 Å². The van der Waals surface area contributed by atoms with Gasteiger partial charge in [-0.15, -0.1) is 0 Å². The third-order valence-corrected chi connectivity index (χ3v) is 3.84. The molecule has 1 aromatic rings. The zero-order chi connectivity index (χ0) is 14.0. The molecule has 0 radical (unpaired) electrons. The van der Waals surface area contributed by atoms with Crippen LogP contribution in [0.5, 0.6) is 5.75 Å². The highest BCUT2D eigenvalue weighted by Gasteiger charge is 2.27. The monoisotopic (exact) mass is 332 g/mol. The molecule has 2 unspecified atom stereocenters. The lowest BCUT2D eigenvalue weighted by molar-refractivity contribution is -0.386. The fraction of sp³-hybridized carbons (Fsp3) is 0.500. The van der Waals surface area contributed by atoms with Crippen molar-refractivity contribution < 1.29 is 14.1 Å². The van der Waals surface area contributed by atoms with Gasteiger partial charge in [-0.3, -0.25) is 10.1 Å². The van der Waals surface area contributed by atoms with Gasteiger partial charge in [0.05, 0.1) is 9.40 Å². The van der Waals surface area contributed by atoms with E-state index in [1.54, 1.807) is 0 Å². The number of piperidine rings is 1. The second-order valence-electron chi connectivity index (χ2n) is 4.62. The fourth-order valence-corrected chi connectivity index (χ4v) is 2.37. The molecule has 0 saturated carbocycles. The van der Waals surface area contributed by atoms with Gasteiger partial charge in [0, 0.05) is 18.7 Å².